The van der Waals surface area contributed by atoms with Gasteiger partial charge in [-0.15, -0.1) is 0 Å². The Labute approximate surface area is 152 Å². The number of hydrogen-bond donors (Lipinski definition) is 1. The molecule has 0 radical (unpaired) electrons. The topological polar surface area (TPSA) is 49.8 Å². The number of fused-ring (bicyclic) bond motifs is 1. The molecule has 1 N–H and O–H groups in total. The molecule has 3 atom stereocenters. The normalized spacial score (nSPS) is 29.2. The van der Waals surface area contributed by atoms with E-state index in [0.29, 0.717) is 23.1 Å². The monoisotopic (exact) mass is 371 g/mol. The Kier molecular flexibility index (Phi) is 4.52. The van der Waals surface area contributed by atoms with E-state index < -0.39 is 5.60 Å². The first-order chi connectivity index (χ1) is 11.2. The van der Waals surface area contributed by atoms with E-state index in [9.17, 15) is 9.90 Å². The summed E-state index contributed by atoms with van der Waals surface area (Å²) in [6.07, 6.45) is 0.508. The molecule has 1 aliphatic carbocycles. The van der Waals surface area contributed by atoms with Crippen molar-refractivity contribution in [3.05, 3.63) is 33.8 Å². The third-order valence-electron chi connectivity index (χ3n) is 5.22. The average Bonchev–Trinajstić information content (AvgIpc) is 3.16. The summed E-state index contributed by atoms with van der Waals surface area (Å²) < 4.78 is 5.47. The first-order valence-electron chi connectivity index (χ1n) is 8.23. The number of benzene rings is 1. The minimum Gasteiger partial charge on any atom is -0.444 e. The molecule has 3 rings (SSSR count). The fraction of sp³-hybridized carbons (Fsp3) is 0.611. The smallest absolute Gasteiger partial charge is 0.410 e. The van der Waals surface area contributed by atoms with Gasteiger partial charge in [0, 0.05) is 25.1 Å². The van der Waals surface area contributed by atoms with Crippen molar-refractivity contribution in [2.24, 2.45) is 11.8 Å². The number of carbonyl (C=O) groups excluding carboxylic acids is 1. The fourth-order valence-electron chi connectivity index (χ4n) is 4.05. The molecule has 1 aromatic rings. The van der Waals surface area contributed by atoms with Crippen molar-refractivity contribution in [1.82, 2.24) is 4.90 Å². The highest BCUT2D eigenvalue weighted by atomic mass is 35.5. The Morgan fingerprint density at radius 2 is 2.08 bits per heavy atom. The highest BCUT2D eigenvalue weighted by Gasteiger charge is 2.66. The Bertz CT molecular complexity index is 658. The van der Waals surface area contributed by atoms with Crippen LogP contribution in [-0.2, 0) is 10.2 Å². The van der Waals surface area contributed by atoms with E-state index >= 15 is 0 Å². The van der Waals surface area contributed by atoms with Crippen LogP contribution >= 0.6 is 23.2 Å². The Hall–Kier alpha value is -0.970. The minimum atomic E-state index is -0.505. The van der Waals surface area contributed by atoms with E-state index in [4.69, 9.17) is 27.9 Å². The van der Waals surface area contributed by atoms with Crippen LogP contribution in [0.1, 0.15) is 32.8 Å². The van der Waals surface area contributed by atoms with Gasteiger partial charge < -0.3 is 14.7 Å². The van der Waals surface area contributed by atoms with Crippen molar-refractivity contribution in [3.8, 4) is 0 Å². The third kappa shape index (κ3) is 3.00. The second kappa shape index (κ2) is 6.08. The third-order valence-corrected chi connectivity index (χ3v) is 5.96. The summed E-state index contributed by atoms with van der Waals surface area (Å²) in [5.41, 5.74) is 0.487. The predicted octanol–water partition coefficient (Wildman–Crippen LogP) is 4.11. The van der Waals surface area contributed by atoms with Crippen LogP contribution in [0.15, 0.2) is 18.2 Å². The molecule has 2 aliphatic rings. The van der Waals surface area contributed by atoms with Gasteiger partial charge in [-0.1, -0.05) is 29.3 Å². The van der Waals surface area contributed by atoms with Gasteiger partial charge in [-0.05, 0) is 56.7 Å². The number of hydrogen-bond acceptors (Lipinski definition) is 3. The van der Waals surface area contributed by atoms with Gasteiger partial charge in [0.15, 0.2) is 0 Å². The van der Waals surface area contributed by atoms with E-state index in [1.54, 1.807) is 11.0 Å². The summed E-state index contributed by atoms with van der Waals surface area (Å²) >= 11 is 12.2. The summed E-state index contributed by atoms with van der Waals surface area (Å²) in [5.74, 6) is 0.364. The molecule has 132 valence electrons. The van der Waals surface area contributed by atoms with Crippen molar-refractivity contribution in [1.29, 1.82) is 0 Å². The van der Waals surface area contributed by atoms with E-state index in [1.807, 2.05) is 32.9 Å². The van der Waals surface area contributed by atoms with Crippen LogP contribution in [0, 0.1) is 11.8 Å². The lowest BCUT2D eigenvalue weighted by Gasteiger charge is -2.33. The molecule has 1 saturated carbocycles. The maximum Gasteiger partial charge on any atom is 0.410 e. The van der Waals surface area contributed by atoms with Crippen molar-refractivity contribution in [3.63, 3.8) is 0 Å². The highest BCUT2D eigenvalue weighted by Crippen LogP contribution is 2.64. The molecule has 4 nitrogen and oxygen atoms in total. The summed E-state index contributed by atoms with van der Waals surface area (Å²) in [6, 6.07) is 5.69. The zero-order valence-corrected chi connectivity index (χ0v) is 15.7. The number of ether oxygens (including phenoxy) is 1. The summed E-state index contributed by atoms with van der Waals surface area (Å²) in [6.45, 7) is 6.91. The predicted molar refractivity (Wildman–Crippen MR) is 94.6 cm³/mol. The molecule has 1 unspecified atom stereocenters. The van der Waals surface area contributed by atoms with Crippen molar-refractivity contribution < 1.29 is 14.6 Å². The Morgan fingerprint density at radius 1 is 1.38 bits per heavy atom. The zero-order chi connectivity index (χ0) is 17.7. The lowest BCUT2D eigenvalue weighted by atomic mass is 9.86. The number of nitrogens with zero attached hydrogens (tertiary/aromatic N) is 1. The number of amides is 1. The number of aliphatic hydroxyl groups excluding tert-OH is 1. The van der Waals surface area contributed by atoms with Gasteiger partial charge in [-0.3, -0.25) is 0 Å². The van der Waals surface area contributed by atoms with Gasteiger partial charge in [0.1, 0.15) is 5.60 Å². The molecular weight excluding hydrogens is 349 g/mol. The van der Waals surface area contributed by atoms with E-state index in [0.717, 1.165) is 12.0 Å². The molecule has 24 heavy (non-hydrogen) atoms. The number of piperidine rings is 1. The first-order valence-corrected chi connectivity index (χ1v) is 8.99. The summed E-state index contributed by atoms with van der Waals surface area (Å²) in [4.78, 5) is 14.1. The maximum absolute atomic E-state index is 12.3. The number of rotatable bonds is 2. The second-order valence-electron chi connectivity index (χ2n) is 7.74. The van der Waals surface area contributed by atoms with Crippen LogP contribution in [-0.4, -0.2) is 41.4 Å². The summed E-state index contributed by atoms with van der Waals surface area (Å²) in [7, 11) is 0. The Balaban J connectivity index is 1.79. The van der Waals surface area contributed by atoms with Gasteiger partial charge in [0.05, 0.1) is 10.0 Å². The molecule has 6 heteroatoms. The molecule has 1 aromatic carbocycles. The van der Waals surface area contributed by atoms with Gasteiger partial charge in [0.25, 0.3) is 0 Å². The van der Waals surface area contributed by atoms with E-state index in [1.165, 1.54) is 0 Å². The first kappa shape index (κ1) is 17.8. The highest BCUT2D eigenvalue weighted by molar-refractivity contribution is 6.42. The van der Waals surface area contributed by atoms with Crippen LogP contribution in [0.5, 0.6) is 0 Å². The number of carbonyl (C=O) groups is 1. The van der Waals surface area contributed by atoms with Crippen LogP contribution in [0.4, 0.5) is 4.79 Å². The van der Waals surface area contributed by atoms with Crippen molar-refractivity contribution in [2.45, 2.75) is 38.2 Å². The molecule has 0 aromatic heterocycles. The second-order valence-corrected chi connectivity index (χ2v) is 8.56. The molecule has 1 saturated heterocycles. The number of likely N-dealkylation sites (tertiary alicyclic amines) is 1. The van der Waals surface area contributed by atoms with Gasteiger partial charge in [-0.25, -0.2) is 4.79 Å². The van der Waals surface area contributed by atoms with Gasteiger partial charge >= 0.3 is 6.09 Å². The van der Waals surface area contributed by atoms with E-state index in [-0.39, 0.29) is 30.0 Å². The zero-order valence-electron chi connectivity index (χ0n) is 14.2. The van der Waals surface area contributed by atoms with Crippen LogP contribution in [0.3, 0.4) is 0 Å². The summed E-state index contributed by atoms with van der Waals surface area (Å²) in [5, 5.41) is 10.9. The SMILES string of the molecule is CC(C)(C)OC(=O)N1CC[C@]2(c3ccc(Cl)c(Cl)c3)C(CO)[C@@H]2C1. The Morgan fingerprint density at radius 3 is 2.67 bits per heavy atom. The number of halogens is 2. The molecule has 1 heterocycles. The number of aliphatic hydroxyl groups is 1. The molecule has 0 spiro atoms. The standard InChI is InChI=1S/C18H23Cl2NO3/c1-17(2,3)24-16(23)21-7-6-18(12(9-21)13(18)10-22)11-4-5-14(19)15(20)8-11/h4-5,8,12-13,22H,6-7,9-10H2,1-3H3/t12-,13?,18+/m0/s1. The van der Waals surface area contributed by atoms with Crippen LogP contribution < -0.4 is 0 Å². The minimum absolute atomic E-state index is 0.104. The lowest BCUT2D eigenvalue weighted by Crippen LogP contribution is -2.43. The van der Waals surface area contributed by atoms with Gasteiger partial charge in [0.2, 0.25) is 0 Å². The van der Waals surface area contributed by atoms with Crippen molar-refractivity contribution in [2.75, 3.05) is 19.7 Å². The maximum atomic E-state index is 12.3. The largest absolute Gasteiger partial charge is 0.444 e. The lowest BCUT2D eigenvalue weighted by molar-refractivity contribution is 0.0198. The average molecular weight is 372 g/mol. The van der Waals surface area contributed by atoms with Gasteiger partial charge in [-0.2, -0.15) is 0 Å². The molecular formula is C18H23Cl2NO3. The van der Waals surface area contributed by atoms with Crippen molar-refractivity contribution >= 4 is 29.3 Å². The van der Waals surface area contributed by atoms with Crippen LogP contribution in [0.25, 0.3) is 0 Å². The fourth-order valence-corrected chi connectivity index (χ4v) is 4.35. The molecule has 2 fully saturated rings. The molecule has 1 amide bonds. The van der Waals surface area contributed by atoms with E-state index in [2.05, 4.69) is 0 Å². The molecule has 1 aliphatic heterocycles. The molecule has 0 bridgehead atoms. The quantitative estimate of drug-likeness (QED) is 0.850. The van der Waals surface area contributed by atoms with Crippen LogP contribution in [0.2, 0.25) is 10.0 Å².